The number of nitrogens with zero attached hydrogens (tertiary/aromatic N) is 4. The lowest BCUT2D eigenvalue weighted by Gasteiger charge is -2.51. The molecular weight excluding hydrogens is 781 g/mol. The fourth-order valence-corrected chi connectivity index (χ4v) is 14.0. The number of unbranched alkanes of at least 4 members (excludes halogenated alkanes) is 6. The highest BCUT2D eigenvalue weighted by Crippen LogP contribution is 2.36. The second kappa shape index (κ2) is 20.9. The van der Waals surface area contributed by atoms with Gasteiger partial charge in [-0.15, -0.1) is 0 Å². The molecule has 0 radical (unpaired) electrons. The maximum Gasteiger partial charge on any atom is 0.237 e. The third-order valence-electron chi connectivity index (χ3n) is 15.0. The summed E-state index contributed by atoms with van der Waals surface area (Å²) in [6.07, 6.45) is 17.3. The smallest absolute Gasteiger partial charge is 0.237 e. The van der Waals surface area contributed by atoms with Gasteiger partial charge in [-0.05, 0) is 208 Å². The first-order valence-electron chi connectivity index (χ1n) is 25.9. The van der Waals surface area contributed by atoms with Crippen LogP contribution in [0.3, 0.4) is 0 Å². The van der Waals surface area contributed by atoms with Crippen molar-refractivity contribution in [3.8, 4) is 0 Å². The van der Waals surface area contributed by atoms with Crippen LogP contribution in [0.5, 0.6) is 0 Å². The van der Waals surface area contributed by atoms with Crippen LogP contribution in [0.25, 0.3) is 0 Å². The van der Waals surface area contributed by atoms with Gasteiger partial charge in [0.2, 0.25) is 11.8 Å². The first-order valence-corrected chi connectivity index (χ1v) is 25.9. The van der Waals surface area contributed by atoms with Gasteiger partial charge in [-0.25, -0.2) is 0 Å². The van der Waals surface area contributed by atoms with Gasteiger partial charge in [0.15, 0.2) is 0 Å². The van der Waals surface area contributed by atoms with E-state index >= 15 is 4.79 Å². The van der Waals surface area contributed by atoms with E-state index in [1.54, 1.807) is 6.92 Å². The zero-order valence-electron chi connectivity index (χ0n) is 44.8. The van der Waals surface area contributed by atoms with Crippen LogP contribution in [0.4, 0.5) is 0 Å². The number of hydrogen-bond donors (Lipinski definition) is 4. The zero-order chi connectivity index (χ0) is 47.5. The third kappa shape index (κ3) is 17.7. The molecule has 0 aliphatic carbocycles. The monoisotopic (exact) mass is 885 g/mol. The average Bonchev–Trinajstić information content (AvgIpc) is 3.04. The topological polar surface area (TPSA) is 95.2 Å². The number of piperidine rings is 4. The molecule has 4 aliphatic rings. The van der Waals surface area contributed by atoms with Gasteiger partial charge in [0.05, 0.1) is 6.54 Å². The number of nitrogens with one attached hydrogen (secondary N) is 4. The molecular formula is C53H104N8O2. The predicted octanol–water partition coefficient (Wildman–Crippen LogP) is 9.25. The summed E-state index contributed by atoms with van der Waals surface area (Å²) < 4.78 is 0. The van der Waals surface area contributed by atoms with Crippen molar-refractivity contribution in [1.29, 1.82) is 0 Å². The van der Waals surface area contributed by atoms with Gasteiger partial charge in [-0.3, -0.25) is 14.5 Å². The summed E-state index contributed by atoms with van der Waals surface area (Å²) in [5, 5.41) is 15.4. The van der Waals surface area contributed by atoms with Crippen molar-refractivity contribution < 1.29 is 9.59 Å². The van der Waals surface area contributed by atoms with E-state index in [4.69, 9.17) is 0 Å². The molecule has 10 heteroatoms. The lowest BCUT2D eigenvalue weighted by molar-refractivity contribution is -0.138. The van der Waals surface area contributed by atoms with E-state index in [2.05, 4.69) is 159 Å². The molecule has 4 saturated heterocycles. The highest BCUT2D eigenvalue weighted by Gasteiger charge is 2.45. The SMILES string of the molecule is CC(=O)N(CCCCCCN(C(=O)CN(CCCCCCN(C)C1CC(C)(C)NC(C)(C)C1)C1CC(C)(C)NC(C)(C)C1)C1CC(C)(C)NC(C)(C)C1)C1CC(C)(C)NC(C)(C)C1. The minimum atomic E-state index is -0.0456. The lowest BCUT2D eigenvalue weighted by Crippen LogP contribution is -2.64. The van der Waals surface area contributed by atoms with Crippen LogP contribution < -0.4 is 21.3 Å². The van der Waals surface area contributed by atoms with Crippen LogP contribution >= 0.6 is 0 Å². The zero-order valence-corrected chi connectivity index (χ0v) is 44.8. The molecule has 4 heterocycles. The Kier molecular flexibility index (Phi) is 18.0. The highest BCUT2D eigenvalue weighted by molar-refractivity contribution is 5.78. The van der Waals surface area contributed by atoms with Gasteiger partial charge in [0.25, 0.3) is 0 Å². The van der Waals surface area contributed by atoms with Crippen LogP contribution in [0.1, 0.15) is 220 Å². The summed E-state index contributed by atoms with van der Waals surface area (Å²) in [7, 11) is 2.34. The molecule has 0 bridgehead atoms. The van der Waals surface area contributed by atoms with Crippen LogP contribution in [0.15, 0.2) is 0 Å². The standard InChI is InChI=1S/C53H104N8O2/c1-40(62)60(43-35-50(10,11)56-51(12,13)36-43)29-25-21-22-26-30-61(44-37-52(14,15)57-53(16,17)38-44)45(63)39-59(42-33-48(6,7)55-49(8,9)34-42)28-24-20-19-23-27-58(18)41-31-46(2,3)54-47(4,5)32-41/h41-44,54-57H,19-39H2,1-18H3. The molecule has 0 saturated carbocycles. The van der Waals surface area contributed by atoms with E-state index in [0.29, 0.717) is 24.5 Å². The van der Waals surface area contributed by atoms with E-state index in [0.717, 1.165) is 96.8 Å². The molecule has 4 rings (SSSR count). The molecule has 368 valence electrons. The Morgan fingerprint density at radius 2 is 0.683 bits per heavy atom. The van der Waals surface area contributed by atoms with E-state index in [-0.39, 0.29) is 62.3 Å². The van der Waals surface area contributed by atoms with Gasteiger partial charge < -0.3 is 36.0 Å². The quantitative estimate of drug-likeness (QED) is 0.0901. The van der Waals surface area contributed by atoms with Crippen molar-refractivity contribution in [2.24, 2.45) is 0 Å². The molecule has 0 aromatic heterocycles. The third-order valence-corrected chi connectivity index (χ3v) is 15.0. The fraction of sp³-hybridized carbons (Fsp3) is 0.962. The maximum absolute atomic E-state index is 15.0. The van der Waals surface area contributed by atoms with Gasteiger partial charge >= 0.3 is 0 Å². The molecule has 10 nitrogen and oxygen atoms in total. The minimum absolute atomic E-state index is 0.00323. The molecule has 4 fully saturated rings. The number of amides is 2. The molecule has 4 aliphatic heterocycles. The van der Waals surface area contributed by atoms with Crippen molar-refractivity contribution in [1.82, 2.24) is 40.9 Å². The van der Waals surface area contributed by atoms with Gasteiger partial charge in [-0.1, -0.05) is 25.7 Å². The van der Waals surface area contributed by atoms with Crippen molar-refractivity contribution in [2.45, 2.75) is 289 Å². The summed E-state index contributed by atoms with van der Waals surface area (Å²) >= 11 is 0. The predicted molar refractivity (Wildman–Crippen MR) is 268 cm³/mol. The Bertz CT molecular complexity index is 1420. The maximum atomic E-state index is 15.0. The lowest BCUT2D eigenvalue weighted by atomic mass is 9.78. The van der Waals surface area contributed by atoms with E-state index in [1.807, 2.05) is 0 Å². The normalized spacial score (nSPS) is 25.6. The number of rotatable bonds is 20. The molecule has 0 aromatic rings. The van der Waals surface area contributed by atoms with E-state index in [9.17, 15) is 4.79 Å². The van der Waals surface area contributed by atoms with Crippen LogP contribution in [-0.2, 0) is 9.59 Å². The summed E-state index contributed by atoms with van der Waals surface area (Å²) in [6, 6.07) is 1.45. The average molecular weight is 885 g/mol. The number of carbonyl (C=O) groups is 2. The molecule has 0 spiro atoms. The number of carbonyl (C=O) groups excluding carboxylic acids is 2. The van der Waals surface area contributed by atoms with Gasteiger partial charge in [0, 0.05) is 88.5 Å². The van der Waals surface area contributed by atoms with Crippen molar-refractivity contribution in [3.05, 3.63) is 0 Å². The summed E-state index contributed by atoms with van der Waals surface area (Å²) in [4.78, 5) is 37.7. The van der Waals surface area contributed by atoms with Crippen LogP contribution in [0.2, 0.25) is 0 Å². The fourth-order valence-electron chi connectivity index (χ4n) is 14.0. The van der Waals surface area contributed by atoms with Crippen LogP contribution in [-0.4, -0.2) is 140 Å². The Morgan fingerprint density at radius 3 is 1.05 bits per heavy atom. The summed E-state index contributed by atoms with van der Waals surface area (Å²) in [6.45, 7) is 43.1. The van der Waals surface area contributed by atoms with Crippen molar-refractivity contribution in [2.75, 3.05) is 39.8 Å². The Labute approximate surface area is 389 Å². The first kappa shape index (κ1) is 54.3. The summed E-state index contributed by atoms with van der Waals surface area (Å²) in [5.74, 6) is 0.510. The van der Waals surface area contributed by atoms with E-state index in [1.165, 1.54) is 32.1 Å². The molecule has 63 heavy (non-hydrogen) atoms. The van der Waals surface area contributed by atoms with Crippen molar-refractivity contribution in [3.63, 3.8) is 0 Å². The Balaban J connectivity index is 1.41. The van der Waals surface area contributed by atoms with Crippen molar-refractivity contribution >= 4 is 11.8 Å². The molecule has 0 atom stereocenters. The van der Waals surface area contributed by atoms with Gasteiger partial charge in [0.1, 0.15) is 0 Å². The van der Waals surface area contributed by atoms with Crippen LogP contribution in [0, 0.1) is 0 Å². The largest absolute Gasteiger partial charge is 0.340 e. The highest BCUT2D eigenvalue weighted by atomic mass is 16.2. The first-order chi connectivity index (χ1) is 28.7. The van der Waals surface area contributed by atoms with E-state index < -0.39 is 0 Å². The molecule has 4 N–H and O–H groups in total. The second-order valence-corrected chi connectivity index (χ2v) is 26.9. The summed E-state index contributed by atoms with van der Waals surface area (Å²) in [5.41, 5.74) is 0.265. The second-order valence-electron chi connectivity index (χ2n) is 26.9. The molecule has 2 amide bonds. The Morgan fingerprint density at radius 1 is 0.397 bits per heavy atom. The molecule has 0 unspecified atom stereocenters. The minimum Gasteiger partial charge on any atom is -0.340 e. The Hall–Kier alpha value is -1.30. The number of hydrogen-bond acceptors (Lipinski definition) is 8. The van der Waals surface area contributed by atoms with Gasteiger partial charge in [-0.2, -0.15) is 0 Å². The molecule has 0 aromatic carbocycles.